The summed E-state index contributed by atoms with van der Waals surface area (Å²) in [6.07, 6.45) is 4.60. The lowest BCUT2D eigenvalue weighted by Crippen LogP contribution is -2.39. The van der Waals surface area contributed by atoms with Crippen LogP contribution in [0.1, 0.15) is 25.7 Å². The molecule has 18 heavy (non-hydrogen) atoms. The highest BCUT2D eigenvalue weighted by Crippen LogP contribution is 2.18. The third-order valence-corrected chi connectivity index (χ3v) is 3.55. The molecule has 0 aliphatic heterocycles. The van der Waals surface area contributed by atoms with Gasteiger partial charge in [0.15, 0.2) is 4.99 Å². The number of anilines is 1. The zero-order valence-electron chi connectivity index (χ0n) is 9.91. The number of nitrogens with one attached hydrogen (secondary N) is 2. The van der Waals surface area contributed by atoms with E-state index in [0.717, 1.165) is 12.8 Å². The van der Waals surface area contributed by atoms with Crippen LogP contribution in [0.3, 0.4) is 0 Å². The molecule has 0 aromatic heterocycles. The van der Waals surface area contributed by atoms with E-state index in [2.05, 4.69) is 10.6 Å². The van der Waals surface area contributed by atoms with Crippen LogP contribution in [0.15, 0.2) is 24.3 Å². The first kappa shape index (κ1) is 13.3. The van der Waals surface area contributed by atoms with Crippen molar-refractivity contribution < 1.29 is 4.79 Å². The zero-order valence-corrected chi connectivity index (χ0v) is 11.5. The fraction of sp³-hybridized carbons (Fsp3) is 0.385. The van der Waals surface area contributed by atoms with Crippen LogP contribution in [0.4, 0.5) is 5.69 Å². The van der Waals surface area contributed by atoms with Gasteiger partial charge in [0.05, 0.1) is 0 Å². The average molecular weight is 283 g/mol. The van der Waals surface area contributed by atoms with E-state index in [0.29, 0.717) is 16.8 Å². The Morgan fingerprint density at radius 2 is 1.83 bits per heavy atom. The Labute approximate surface area is 117 Å². The third kappa shape index (κ3) is 3.68. The van der Waals surface area contributed by atoms with E-state index in [4.69, 9.17) is 23.8 Å². The smallest absolute Gasteiger partial charge is 0.283 e. The lowest BCUT2D eigenvalue weighted by Gasteiger charge is -2.14. The SMILES string of the molecule is O=C(Nc1ccc(Cl)cc1)C(=S)NC1CCCC1. The summed E-state index contributed by atoms with van der Waals surface area (Å²) in [5, 5.41) is 6.48. The van der Waals surface area contributed by atoms with E-state index in [9.17, 15) is 4.79 Å². The summed E-state index contributed by atoms with van der Waals surface area (Å²) in [5.41, 5.74) is 0.694. The Bertz CT molecular complexity index is 441. The molecule has 0 radical (unpaired) electrons. The molecule has 0 unspecified atom stereocenters. The van der Waals surface area contributed by atoms with Crippen LogP contribution in [0.25, 0.3) is 0 Å². The van der Waals surface area contributed by atoms with Crippen molar-refractivity contribution in [3.63, 3.8) is 0 Å². The first-order chi connectivity index (χ1) is 8.65. The van der Waals surface area contributed by atoms with Gasteiger partial charge in [-0.05, 0) is 37.1 Å². The molecule has 0 saturated heterocycles. The maximum atomic E-state index is 11.8. The Hall–Kier alpha value is -1.13. The molecule has 1 fully saturated rings. The highest BCUT2D eigenvalue weighted by molar-refractivity contribution is 7.82. The fourth-order valence-corrected chi connectivity index (χ4v) is 2.39. The Kier molecular flexibility index (Phi) is 4.55. The van der Waals surface area contributed by atoms with E-state index in [-0.39, 0.29) is 10.9 Å². The topological polar surface area (TPSA) is 41.1 Å². The molecule has 0 bridgehead atoms. The molecule has 1 aliphatic carbocycles. The Balaban J connectivity index is 1.86. The number of halogens is 1. The third-order valence-electron chi connectivity index (χ3n) is 3.00. The van der Waals surface area contributed by atoms with E-state index in [1.807, 2.05) is 0 Å². The van der Waals surface area contributed by atoms with Crippen LogP contribution in [0, 0.1) is 0 Å². The monoisotopic (exact) mass is 282 g/mol. The molecule has 1 aromatic rings. The summed E-state index contributed by atoms with van der Waals surface area (Å²) in [7, 11) is 0. The number of carbonyl (C=O) groups is 1. The minimum atomic E-state index is -0.265. The predicted molar refractivity (Wildman–Crippen MR) is 78.1 cm³/mol. The lowest BCUT2D eigenvalue weighted by molar-refractivity contribution is -0.110. The van der Waals surface area contributed by atoms with Crippen LogP contribution >= 0.6 is 23.8 Å². The molecule has 3 nitrogen and oxygen atoms in total. The second-order valence-corrected chi connectivity index (χ2v) is 5.26. The molecule has 0 atom stereocenters. The normalized spacial score (nSPS) is 15.4. The quantitative estimate of drug-likeness (QED) is 0.819. The molecule has 0 heterocycles. The molecule has 1 aliphatic rings. The zero-order chi connectivity index (χ0) is 13.0. The van der Waals surface area contributed by atoms with Crippen LogP contribution in [-0.4, -0.2) is 16.9 Å². The van der Waals surface area contributed by atoms with Crippen molar-refractivity contribution in [2.45, 2.75) is 31.7 Å². The largest absolute Gasteiger partial charge is 0.369 e. The van der Waals surface area contributed by atoms with Crippen molar-refractivity contribution in [1.82, 2.24) is 5.32 Å². The van der Waals surface area contributed by atoms with Gasteiger partial charge < -0.3 is 10.6 Å². The number of benzene rings is 1. The van der Waals surface area contributed by atoms with Crippen LogP contribution < -0.4 is 10.6 Å². The second-order valence-electron chi connectivity index (χ2n) is 4.42. The summed E-state index contributed by atoms with van der Waals surface area (Å²) < 4.78 is 0. The van der Waals surface area contributed by atoms with Crippen molar-refractivity contribution >= 4 is 40.4 Å². The van der Waals surface area contributed by atoms with E-state index in [1.54, 1.807) is 24.3 Å². The minimum Gasteiger partial charge on any atom is -0.369 e. The lowest BCUT2D eigenvalue weighted by atomic mass is 10.2. The van der Waals surface area contributed by atoms with Gasteiger partial charge in [-0.25, -0.2) is 0 Å². The first-order valence-corrected chi connectivity index (χ1v) is 6.81. The van der Waals surface area contributed by atoms with Gasteiger partial charge in [-0.2, -0.15) is 0 Å². The summed E-state index contributed by atoms with van der Waals surface area (Å²) >= 11 is 10.9. The van der Waals surface area contributed by atoms with Gasteiger partial charge in [0.25, 0.3) is 5.91 Å². The summed E-state index contributed by atoms with van der Waals surface area (Å²) in [6.45, 7) is 0. The average Bonchev–Trinajstić information content (AvgIpc) is 2.85. The van der Waals surface area contributed by atoms with Crippen LogP contribution in [0.5, 0.6) is 0 Å². The molecule has 2 rings (SSSR count). The number of hydrogen-bond donors (Lipinski definition) is 2. The molecule has 0 spiro atoms. The van der Waals surface area contributed by atoms with Crippen molar-refractivity contribution in [3.8, 4) is 0 Å². The van der Waals surface area contributed by atoms with Gasteiger partial charge in [-0.1, -0.05) is 36.7 Å². The maximum absolute atomic E-state index is 11.8. The molecule has 1 amide bonds. The molecule has 1 aromatic carbocycles. The van der Waals surface area contributed by atoms with Crippen molar-refractivity contribution in [2.75, 3.05) is 5.32 Å². The standard InChI is InChI=1S/C13H15ClN2OS/c14-9-5-7-11(8-6-9)15-12(17)13(18)16-10-3-1-2-4-10/h5-8,10H,1-4H2,(H,15,17)(H,16,18). The van der Waals surface area contributed by atoms with Crippen molar-refractivity contribution in [3.05, 3.63) is 29.3 Å². The fourth-order valence-electron chi connectivity index (χ4n) is 2.04. The molecular formula is C13H15ClN2OS. The number of amides is 1. The number of rotatable bonds is 2. The Morgan fingerprint density at radius 3 is 2.44 bits per heavy atom. The van der Waals surface area contributed by atoms with Gasteiger partial charge in [-0.3, -0.25) is 4.79 Å². The van der Waals surface area contributed by atoms with Crippen molar-refractivity contribution in [1.29, 1.82) is 0 Å². The molecule has 1 saturated carbocycles. The summed E-state index contributed by atoms with van der Waals surface area (Å²) in [4.78, 5) is 12.1. The van der Waals surface area contributed by atoms with E-state index in [1.165, 1.54) is 12.8 Å². The summed E-state index contributed by atoms with van der Waals surface area (Å²) in [5.74, 6) is -0.265. The van der Waals surface area contributed by atoms with Gasteiger partial charge >= 0.3 is 0 Å². The molecule has 5 heteroatoms. The molecule has 96 valence electrons. The van der Waals surface area contributed by atoms with Crippen LogP contribution in [0.2, 0.25) is 5.02 Å². The highest BCUT2D eigenvalue weighted by atomic mass is 35.5. The summed E-state index contributed by atoms with van der Waals surface area (Å²) in [6, 6.07) is 7.31. The number of hydrogen-bond acceptors (Lipinski definition) is 2. The van der Waals surface area contributed by atoms with Crippen molar-refractivity contribution in [2.24, 2.45) is 0 Å². The van der Waals surface area contributed by atoms with Gasteiger partial charge in [0.1, 0.15) is 0 Å². The number of carbonyl (C=O) groups excluding carboxylic acids is 1. The van der Waals surface area contributed by atoms with Gasteiger partial charge in [0.2, 0.25) is 0 Å². The minimum absolute atomic E-state index is 0.261. The predicted octanol–water partition coefficient (Wildman–Crippen LogP) is 3.14. The Morgan fingerprint density at radius 1 is 1.22 bits per heavy atom. The highest BCUT2D eigenvalue weighted by Gasteiger charge is 2.18. The molecular weight excluding hydrogens is 268 g/mol. The van der Waals surface area contributed by atoms with E-state index < -0.39 is 0 Å². The van der Waals surface area contributed by atoms with Gasteiger partial charge in [-0.15, -0.1) is 0 Å². The number of thiocarbonyl (C=S) groups is 1. The second kappa shape index (κ2) is 6.16. The van der Waals surface area contributed by atoms with Gasteiger partial charge in [0, 0.05) is 16.8 Å². The first-order valence-electron chi connectivity index (χ1n) is 6.02. The van der Waals surface area contributed by atoms with E-state index >= 15 is 0 Å². The maximum Gasteiger partial charge on any atom is 0.283 e. The van der Waals surface area contributed by atoms with Crippen LogP contribution in [-0.2, 0) is 4.79 Å². The molecule has 2 N–H and O–H groups in total.